The molecule has 3 heterocycles. The predicted molar refractivity (Wildman–Crippen MR) is 129 cm³/mol. The molecule has 4 rings (SSSR count). The predicted octanol–water partition coefficient (Wildman–Crippen LogP) is 3.51. The molecule has 0 aliphatic heterocycles. The molecule has 0 bridgehead atoms. The topological polar surface area (TPSA) is 78.9 Å². The average Bonchev–Trinajstić information content (AvgIpc) is 2.75. The summed E-state index contributed by atoms with van der Waals surface area (Å²) in [6, 6.07) is 7.68. The van der Waals surface area contributed by atoms with E-state index in [9.17, 15) is 4.79 Å². The fourth-order valence-electron chi connectivity index (χ4n) is 4.24. The maximum absolute atomic E-state index is 12.9. The van der Waals surface area contributed by atoms with Gasteiger partial charge in [-0.15, -0.1) is 0 Å². The van der Waals surface area contributed by atoms with Crippen molar-refractivity contribution in [1.82, 2.24) is 19.0 Å². The van der Waals surface area contributed by atoms with Crippen molar-refractivity contribution in [2.24, 2.45) is 5.92 Å². The molecule has 0 saturated heterocycles. The number of hydrogen-bond acceptors (Lipinski definition) is 5. The van der Waals surface area contributed by atoms with Crippen LogP contribution in [0.15, 0.2) is 53.2 Å². The minimum Gasteiger partial charge on any atom is -0.373 e. The van der Waals surface area contributed by atoms with Gasteiger partial charge in [0, 0.05) is 51.5 Å². The van der Waals surface area contributed by atoms with Gasteiger partial charge in [-0.25, -0.2) is 4.98 Å². The van der Waals surface area contributed by atoms with E-state index in [-0.39, 0.29) is 5.56 Å². The molecule has 3 aromatic rings. The Balaban J connectivity index is 1.51. The SMILES string of the molecule is CNc1cc2ccn(C/C(C)=C/n3cc(CN(C)CC4CCC4)ccc3=N)c(=O)c2cn1. The van der Waals surface area contributed by atoms with Gasteiger partial charge < -0.3 is 19.4 Å². The Morgan fingerprint density at radius 1 is 1.34 bits per heavy atom. The summed E-state index contributed by atoms with van der Waals surface area (Å²) in [6.45, 7) is 4.45. The highest BCUT2D eigenvalue weighted by Gasteiger charge is 2.19. The van der Waals surface area contributed by atoms with E-state index in [2.05, 4.69) is 22.2 Å². The van der Waals surface area contributed by atoms with Crippen LogP contribution in [-0.2, 0) is 13.1 Å². The van der Waals surface area contributed by atoms with E-state index < -0.39 is 0 Å². The van der Waals surface area contributed by atoms with Gasteiger partial charge in [0.2, 0.25) is 0 Å². The van der Waals surface area contributed by atoms with Crippen LogP contribution in [0.3, 0.4) is 0 Å². The number of aromatic nitrogens is 3. The van der Waals surface area contributed by atoms with Crippen molar-refractivity contribution < 1.29 is 0 Å². The van der Waals surface area contributed by atoms with E-state index >= 15 is 0 Å². The molecule has 0 unspecified atom stereocenters. The van der Waals surface area contributed by atoms with Gasteiger partial charge in [0.05, 0.1) is 5.39 Å². The van der Waals surface area contributed by atoms with Gasteiger partial charge in [0.15, 0.2) is 0 Å². The highest BCUT2D eigenvalue weighted by atomic mass is 16.1. The number of pyridine rings is 3. The molecule has 0 spiro atoms. The lowest BCUT2D eigenvalue weighted by atomic mass is 9.85. The molecule has 7 heteroatoms. The van der Waals surface area contributed by atoms with Crippen LogP contribution >= 0.6 is 0 Å². The van der Waals surface area contributed by atoms with Gasteiger partial charge in [0.25, 0.3) is 5.56 Å². The Labute approximate surface area is 188 Å². The first kappa shape index (κ1) is 22.0. The zero-order chi connectivity index (χ0) is 22.7. The molecule has 3 aromatic heterocycles. The third kappa shape index (κ3) is 4.99. The first-order valence-electron chi connectivity index (χ1n) is 11.2. The highest BCUT2D eigenvalue weighted by Crippen LogP contribution is 2.27. The van der Waals surface area contributed by atoms with Crippen LogP contribution < -0.4 is 16.4 Å². The van der Waals surface area contributed by atoms with Gasteiger partial charge in [-0.2, -0.15) is 0 Å². The van der Waals surface area contributed by atoms with Gasteiger partial charge >= 0.3 is 0 Å². The molecule has 0 aromatic carbocycles. The van der Waals surface area contributed by atoms with Crippen LogP contribution in [0.25, 0.3) is 17.0 Å². The summed E-state index contributed by atoms with van der Waals surface area (Å²) in [5.41, 5.74) is 2.53. The van der Waals surface area contributed by atoms with E-state index in [0.29, 0.717) is 17.4 Å². The second-order valence-electron chi connectivity index (χ2n) is 8.95. The maximum atomic E-state index is 12.9. The van der Waals surface area contributed by atoms with E-state index in [1.807, 2.05) is 61.4 Å². The molecule has 168 valence electrons. The van der Waals surface area contributed by atoms with Gasteiger partial charge in [-0.1, -0.05) is 12.5 Å². The van der Waals surface area contributed by atoms with Crippen LogP contribution in [0, 0.1) is 11.3 Å². The van der Waals surface area contributed by atoms with Gasteiger partial charge in [-0.3, -0.25) is 10.2 Å². The normalized spacial score (nSPS) is 14.7. The smallest absolute Gasteiger partial charge is 0.260 e. The molecular weight excluding hydrogens is 400 g/mol. The van der Waals surface area contributed by atoms with Crippen LogP contribution in [0.2, 0.25) is 0 Å². The van der Waals surface area contributed by atoms with E-state index in [1.54, 1.807) is 10.8 Å². The molecule has 2 N–H and O–H groups in total. The number of allylic oxidation sites excluding steroid dienone is 1. The summed E-state index contributed by atoms with van der Waals surface area (Å²) < 4.78 is 3.53. The summed E-state index contributed by atoms with van der Waals surface area (Å²) in [5, 5.41) is 12.8. The van der Waals surface area contributed by atoms with E-state index in [0.717, 1.165) is 35.8 Å². The van der Waals surface area contributed by atoms with Gasteiger partial charge in [-0.05, 0) is 67.5 Å². The molecule has 1 aliphatic carbocycles. The average molecular weight is 433 g/mol. The van der Waals surface area contributed by atoms with Crippen molar-refractivity contribution in [3.05, 3.63) is 69.8 Å². The monoisotopic (exact) mass is 432 g/mol. The summed E-state index contributed by atoms with van der Waals surface area (Å²) in [7, 11) is 3.97. The molecular formula is C25H32N6O. The molecule has 0 atom stereocenters. The number of nitrogens with one attached hydrogen (secondary N) is 2. The van der Waals surface area contributed by atoms with Crippen LogP contribution in [0.4, 0.5) is 5.82 Å². The minimum absolute atomic E-state index is 0.0622. The molecule has 1 aliphatic rings. The van der Waals surface area contributed by atoms with Crippen LogP contribution in [-0.4, -0.2) is 39.7 Å². The first-order valence-corrected chi connectivity index (χ1v) is 11.2. The zero-order valence-corrected chi connectivity index (χ0v) is 19.1. The Morgan fingerprint density at radius 2 is 2.16 bits per heavy atom. The molecule has 0 amide bonds. The van der Waals surface area contributed by atoms with Crippen molar-refractivity contribution in [3.63, 3.8) is 0 Å². The lowest BCUT2D eigenvalue weighted by Crippen LogP contribution is -2.29. The number of nitrogens with zero attached hydrogens (tertiary/aromatic N) is 4. The lowest BCUT2D eigenvalue weighted by Gasteiger charge is -2.30. The fourth-order valence-corrected chi connectivity index (χ4v) is 4.24. The van der Waals surface area contributed by atoms with Gasteiger partial charge in [0.1, 0.15) is 11.3 Å². The van der Waals surface area contributed by atoms with Crippen molar-refractivity contribution >= 4 is 22.8 Å². The molecule has 1 saturated carbocycles. The summed E-state index contributed by atoms with van der Waals surface area (Å²) in [5.74, 6) is 1.58. The third-order valence-electron chi connectivity index (χ3n) is 6.18. The lowest BCUT2D eigenvalue weighted by molar-refractivity contribution is 0.200. The summed E-state index contributed by atoms with van der Waals surface area (Å²) in [6.07, 6.45) is 11.5. The number of anilines is 1. The summed E-state index contributed by atoms with van der Waals surface area (Å²) >= 11 is 0. The fraction of sp³-hybridized carbons (Fsp3) is 0.400. The number of fused-ring (bicyclic) bond motifs is 1. The summed E-state index contributed by atoms with van der Waals surface area (Å²) in [4.78, 5) is 19.5. The van der Waals surface area contributed by atoms with E-state index in [1.165, 1.54) is 24.8 Å². The Morgan fingerprint density at radius 3 is 2.88 bits per heavy atom. The van der Waals surface area contributed by atoms with E-state index in [4.69, 9.17) is 5.41 Å². The zero-order valence-electron chi connectivity index (χ0n) is 19.1. The molecule has 32 heavy (non-hydrogen) atoms. The van der Waals surface area contributed by atoms with Crippen molar-refractivity contribution in [1.29, 1.82) is 5.41 Å². The third-order valence-corrected chi connectivity index (χ3v) is 6.18. The van der Waals surface area contributed by atoms with Crippen molar-refractivity contribution in [3.8, 4) is 0 Å². The number of hydrogen-bond donors (Lipinski definition) is 2. The highest BCUT2D eigenvalue weighted by molar-refractivity contribution is 5.82. The van der Waals surface area contributed by atoms with Crippen molar-refractivity contribution in [2.45, 2.75) is 39.3 Å². The van der Waals surface area contributed by atoms with Crippen molar-refractivity contribution in [2.75, 3.05) is 26.0 Å². The minimum atomic E-state index is -0.0622. The second-order valence-corrected chi connectivity index (χ2v) is 8.95. The number of rotatable bonds is 8. The standard InChI is InChI=1S/C25H32N6O/c1-18(13-30-10-9-21-11-24(27-2)28-12-22(21)25(30)32)14-31-17-20(7-8-23(31)26)16-29(3)15-19-5-4-6-19/h7-12,14,17,19,26H,4-6,13,15-16H2,1-3H3,(H,27,28)/b18-14+,26-23?. The van der Waals surface area contributed by atoms with Crippen LogP contribution in [0.5, 0.6) is 0 Å². The molecule has 0 radical (unpaired) electrons. The molecule has 7 nitrogen and oxygen atoms in total. The Bertz CT molecular complexity index is 1250. The Hall–Kier alpha value is -3.19. The Kier molecular flexibility index (Phi) is 6.55. The second kappa shape index (κ2) is 9.53. The first-order chi connectivity index (χ1) is 15.4. The largest absolute Gasteiger partial charge is 0.373 e. The quantitative estimate of drug-likeness (QED) is 0.571. The maximum Gasteiger partial charge on any atom is 0.260 e. The van der Waals surface area contributed by atoms with Crippen LogP contribution in [0.1, 0.15) is 31.7 Å². The molecule has 1 fully saturated rings.